The maximum Gasteiger partial charge on any atom is 0.253 e. The molecule has 0 spiro atoms. The van der Waals surface area contributed by atoms with Crippen molar-refractivity contribution in [3.63, 3.8) is 0 Å². The fourth-order valence-corrected chi connectivity index (χ4v) is 2.34. The van der Waals surface area contributed by atoms with Gasteiger partial charge in [0.05, 0.1) is 0 Å². The topological polar surface area (TPSA) is 46.3 Å². The number of carbonyl (C=O) groups excluding carboxylic acids is 1. The summed E-state index contributed by atoms with van der Waals surface area (Å²) in [4.78, 5) is 14.1. The molecule has 0 saturated carbocycles. The average molecular weight is 289 g/mol. The highest BCUT2D eigenvalue weighted by Gasteiger charge is 2.23. The highest BCUT2D eigenvalue weighted by atomic mass is 35.5. The lowest BCUT2D eigenvalue weighted by Crippen LogP contribution is -2.42. The lowest BCUT2D eigenvalue weighted by atomic mass is 9.97. The number of nitrogens with two attached hydrogens (primary N) is 1. The van der Waals surface area contributed by atoms with Gasteiger partial charge in [-0.3, -0.25) is 4.79 Å². The van der Waals surface area contributed by atoms with Gasteiger partial charge in [0.1, 0.15) is 0 Å². The number of rotatable bonds is 2. The van der Waals surface area contributed by atoms with Crippen molar-refractivity contribution in [1.29, 1.82) is 0 Å². The molecule has 2 rings (SSSR count). The number of halogens is 2. The van der Waals surface area contributed by atoms with Crippen LogP contribution in [0, 0.1) is 5.92 Å². The van der Waals surface area contributed by atoms with Crippen LogP contribution in [0.1, 0.15) is 23.2 Å². The number of nitrogens with zero attached hydrogens (tertiary/aromatic N) is 1. The van der Waals surface area contributed by atoms with E-state index in [2.05, 4.69) is 0 Å². The van der Waals surface area contributed by atoms with Crippen molar-refractivity contribution in [3.8, 4) is 0 Å². The molecule has 18 heavy (non-hydrogen) atoms. The maximum absolute atomic E-state index is 12.2. The van der Waals surface area contributed by atoms with Crippen molar-refractivity contribution < 1.29 is 4.79 Å². The summed E-state index contributed by atoms with van der Waals surface area (Å²) in [6, 6.07) is 7.05. The molecule has 3 nitrogen and oxygen atoms in total. The van der Waals surface area contributed by atoms with E-state index >= 15 is 0 Å². The lowest BCUT2D eigenvalue weighted by Gasteiger charge is -2.32. The van der Waals surface area contributed by atoms with Gasteiger partial charge in [0.25, 0.3) is 5.91 Å². The van der Waals surface area contributed by atoms with Crippen molar-refractivity contribution in [2.24, 2.45) is 11.7 Å². The molecule has 1 aliphatic heterocycles. The molecule has 1 heterocycles. The first kappa shape index (κ1) is 15.3. The predicted octanol–water partition coefficient (Wildman–Crippen LogP) is 2.57. The van der Waals surface area contributed by atoms with Gasteiger partial charge in [0.15, 0.2) is 0 Å². The SMILES string of the molecule is Cl.NCC1CCCN(C(=O)c2ccc(Cl)cc2)C1. The van der Waals surface area contributed by atoms with Crippen LogP contribution in [-0.2, 0) is 0 Å². The van der Waals surface area contributed by atoms with Gasteiger partial charge < -0.3 is 10.6 Å². The van der Waals surface area contributed by atoms with Crippen molar-refractivity contribution in [1.82, 2.24) is 4.90 Å². The Bertz CT molecular complexity index is 394. The standard InChI is InChI=1S/C13H17ClN2O.ClH/c14-12-5-3-11(4-6-12)13(17)16-7-1-2-10(8-15)9-16;/h3-6,10H,1-2,7-9,15H2;1H. The Morgan fingerprint density at radius 2 is 2.06 bits per heavy atom. The Kier molecular flexibility index (Phi) is 5.93. The third kappa shape index (κ3) is 3.61. The van der Waals surface area contributed by atoms with Crippen molar-refractivity contribution in [2.45, 2.75) is 12.8 Å². The minimum atomic E-state index is 0. The van der Waals surface area contributed by atoms with E-state index < -0.39 is 0 Å². The highest BCUT2D eigenvalue weighted by molar-refractivity contribution is 6.30. The number of hydrogen-bond acceptors (Lipinski definition) is 2. The van der Waals surface area contributed by atoms with E-state index in [-0.39, 0.29) is 18.3 Å². The van der Waals surface area contributed by atoms with Crippen molar-refractivity contribution >= 4 is 29.9 Å². The van der Waals surface area contributed by atoms with Gasteiger partial charge in [0.2, 0.25) is 0 Å². The molecule has 1 saturated heterocycles. The van der Waals surface area contributed by atoms with Gasteiger partial charge in [-0.15, -0.1) is 12.4 Å². The number of likely N-dealkylation sites (tertiary alicyclic amines) is 1. The molecular formula is C13H18Cl2N2O. The first-order chi connectivity index (χ1) is 8.20. The lowest BCUT2D eigenvalue weighted by molar-refractivity contribution is 0.0678. The molecule has 1 aromatic carbocycles. The zero-order valence-corrected chi connectivity index (χ0v) is 11.7. The van der Waals surface area contributed by atoms with Gasteiger partial charge >= 0.3 is 0 Å². The van der Waals surface area contributed by atoms with E-state index in [4.69, 9.17) is 17.3 Å². The smallest absolute Gasteiger partial charge is 0.253 e. The fourth-order valence-electron chi connectivity index (χ4n) is 2.22. The van der Waals surface area contributed by atoms with Crippen LogP contribution in [0.3, 0.4) is 0 Å². The van der Waals surface area contributed by atoms with Crippen molar-refractivity contribution in [2.75, 3.05) is 19.6 Å². The molecule has 1 unspecified atom stereocenters. The van der Waals surface area contributed by atoms with Gasteiger partial charge in [-0.1, -0.05) is 11.6 Å². The number of hydrogen-bond donors (Lipinski definition) is 1. The van der Waals surface area contributed by atoms with E-state index in [1.54, 1.807) is 24.3 Å². The minimum Gasteiger partial charge on any atom is -0.338 e. The molecular weight excluding hydrogens is 271 g/mol. The molecule has 1 fully saturated rings. The monoisotopic (exact) mass is 288 g/mol. The minimum absolute atomic E-state index is 0. The average Bonchev–Trinajstić information content (AvgIpc) is 2.39. The first-order valence-corrected chi connectivity index (χ1v) is 6.33. The molecule has 0 aliphatic carbocycles. The summed E-state index contributed by atoms with van der Waals surface area (Å²) in [5.41, 5.74) is 6.37. The number of piperidine rings is 1. The third-order valence-corrected chi connectivity index (χ3v) is 3.48. The van der Waals surface area contributed by atoms with Crippen LogP contribution in [0.4, 0.5) is 0 Å². The van der Waals surface area contributed by atoms with Crippen LogP contribution in [0.5, 0.6) is 0 Å². The Morgan fingerprint density at radius 3 is 2.67 bits per heavy atom. The number of amides is 1. The quantitative estimate of drug-likeness (QED) is 0.909. The van der Waals surface area contributed by atoms with Crippen LogP contribution < -0.4 is 5.73 Å². The summed E-state index contributed by atoms with van der Waals surface area (Å²) in [6.45, 7) is 2.26. The third-order valence-electron chi connectivity index (χ3n) is 3.23. The molecule has 2 N–H and O–H groups in total. The summed E-state index contributed by atoms with van der Waals surface area (Å²) < 4.78 is 0. The van der Waals surface area contributed by atoms with E-state index in [0.29, 0.717) is 23.0 Å². The molecule has 100 valence electrons. The van der Waals surface area contributed by atoms with E-state index in [1.807, 2.05) is 4.90 Å². The second-order valence-electron chi connectivity index (χ2n) is 4.50. The predicted molar refractivity (Wildman–Crippen MR) is 76.4 cm³/mol. The molecule has 1 aliphatic rings. The highest BCUT2D eigenvalue weighted by Crippen LogP contribution is 2.18. The Morgan fingerprint density at radius 1 is 1.39 bits per heavy atom. The molecule has 0 bridgehead atoms. The van der Waals surface area contributed by atoms with Crippen LogP contribution >= 0.6 is 24.0 Å². The van der Waals surface area contributed by atoms with Gasteiger partial charge in [-0.25, -0.2) is 0 Å². The van der Waals surface area contributed by atoms with Crippen LogP contribution in [-0.4, -0.2) is 30.4 Å². The number of carbonyl (C=O) groups is 1. The van der Waals surface area contributed by atoms with Gasteiger partial charge in [0, 0.05) is 23.7 Å². The summed E-state index contributed by atoms with van der Waals surface area (Å²) in [5, 5.41) is 0.653. The second kappa shape index (κ2) is 6.98. The molecule has 1 atom stereocenters. The Labute approximate surface area is 119 Å². The summed E-state index contributed by atoms with van der Waals surface area (Å²) >= 11 is 5.81. The normalized spacial score (nSPS) is 19.2. The van der Waals surface area contributed by atoms with E-state index in [0.717, 1.165) is 25.9 Å². The second-order valence-corrected chi connectivity index (χ2v) is 4.94. The molecule has 1 aromatic rings. The zero-order chi connectivity index (χ0) is 12.3. The van der Waals surface area contributed by atoms with Gasteiger partial charge in [-0.05, 0) is 49.6 Å². The van der Waals surface area contributed by atoms with Crippen molar-refractivity contribution in [3.05, 3.63) is 34.9 Å². The first-order valence-electron chi connectivity index (χ1n) is 5.95. The largest absolute Gasteiger partial charge is 0.338 e. The fraction of sp³-hybridized carbons (Fsp3) is 0.462. The summed E-state index contributed by atoms with van der Waals surface area (Å²) in [6.07, 6.45) is 2.17. The van der Waals surface area contributed by atoms with E-state index in [1.165, 1.54) is 0 Å². The van der Waals surface area contributed by atoms with Crippen LogP contribution in [0.2, 0.25) is 5.02 Å². The molecule has 5 heteroatoms. The molecule has 0 radical (unpaired) electrons. The zero-order valence-electron chi connectivity index (χ0n) is 10.1. The van der Waals surface area contributed by atoms with Crippen LogP contribution in [0.15, 0.2) is 24.3 Å². The maximum atomic E-state index is 12.2. The Hall–Kier alpha value is -0.770. The summed E-state index contributed by atoms with van der Waals surface area (Å²) in [5.74, 6) is 0.528. The number of benzene rings is 1. The van der Waals surface area contributed by atoms with Crippen LogP contribution in [0.25, 0.3) is 0 Å². The summed E-state index contributed by atoms with van der Waals surface area (Å²) in [7, 11) is 0. The van der Waals surface area contributed by atoms with E-state index in [9.17, 15) is 4.79 Å². The molecule has 1 amide bonds. The molecule has 0 aromatic heterocycles. The Balaban J connectivity index is 0.00000162. The van der Waals surface area contributed by atoms with Gasteiger partial charge in [-0.2, -0.15) is 0 Å².